The van der Waals surface area contributed by atoms with Gasteiger partial charge in [-0.25, -0.2) is 13.9 Å². The molecule has 0 radical (unpaired) electrons. The molecule has 37 heavy (non-hydrogen) atoms. The van der Waals surface area contributed by atoms with Gasteiger partial charge < -0.3 is 15.5 Å². The molecule has 3 amide bonds. The van der Waals surface area contributed by atoms with Crippen LogP contribution in [0.3, 0.4) is 0 Å². The number of nitrogens with zero attached hydrogens (tertiary/aromatic N) is 3. The fourth-order valence-electron chi connectivity index (χ4n) is 3.94. The molecule has 0 fully saturated rings. The summed E-state index contributed by atoms with van der Waals surface area (Å²) in [4.78, 5) is 27.7. The second kappa shape index (κ2) is 11.5. The lowest BCUT2D eigenvalue weighted by atomic mass is 10.1. The molecule has 4 aromatic rings. The number of carbonyl (C=O) groups excluding carboxylic acids is 2. The molecule has 2 N–H and O–H groups in total. The Morgan fingerprint density at radius 1 is 0.946 bits per heavy atom. The van der Waals surface area contributed by atoms with E-state index in [4.69, 9.17) is 0 Å². The van der Waals surface area contributed by atoms with E-state index in [1.54, 1.807) is 22.9 Å². The highest BCUT2D eigenvalue weighted by Gasteiger charge is 2.21. The molecule has 1 heterocycles. The van der Waals surface area contributed by atoms with E-state index in [-0.39, 0.29) is 30.2 Å². The number of benzene rings is 3. The van der Waals surface area contributed by atoms with E-state index in [2.05, 4.69) is 15.7 Å². The number of hydrogen-bond acceptors (Lipinski definition) is 3. The Morgan fingerprint density at radius 3 is 2.35 bits per heavy atom. The van der Waals surface area contributed by atoms with Crippen molar-refractivity contribution in [1.29, 1.82) is 0 Å². The first-order chi connectivity index (χ1) is 17.8. The lowest BCUT2D eigenvalue weighted by Gasteiger charge is -2.24. The maximum Gasteiger partial charge on any atom is 0.322 e. The molecule has 0 saturated carbocycles. The molecule has 7 nitrogen and oxygen atoms in total. The zero-order valence-electron chi connectivity index (χ0n) is 21.1. The highest BCUT2D eigenvalue weighted by Crippen LogP contribution is 2.25. The Morgan fingerprint density at radius 2 is 1.68 bits per heavy atom. The molecule has 0 aliphatic heterocycles. The minimum atomic E-state index is -0.372. The third-order valence-corrected chi connectivity index (χ3v) is 5.59. The van der Waals surface area contributed by atoms with Gasteiger partial charge in [0.1, 0.15) is 18.2 Å². The second-order valence-electron chi connectivity index (χ2n) is 9.29. The molecule has 1 aromatic heterocycles. The predicted octanol–water partition coefficient (Wildman–Crippen LogP) is 6.12. The van der Waals surface area contributed by atoms with Crippen LogP contribution < -0.4 is 10.6 Å². The Balaban J connectivity index is 1.56. The molecular weight excluding hydrogens is 469 g/mol. The summed E-state index contributed by atoms with van der Waals surface area (Å²) in [5.41, 5.74) is 3.81. The summed E-state index contributed by atoms with van der Waals surface area (Å²) >= 11 is 0. The minimum Gasteiger partial charge on any atom is -0.315 e. The van der Waals surface area contributed by atoms with Crippen molar-refractivity contribution in [1.82, 2.24) is 14.7 Å². The molecule has 4 rings (SSSR count). The molecule has 0 aliphatic rings. The average molecular weight is 500 g/mol. The third kappa shape index (κ3) is 6.82. The van der Waals surface area contributed by atoms with Crippen LogP contribution in [0, 0.1) is 18.7 Å². The Labute approximate surface area is 215 Å². The summed E-state index contributed by atoms with van der Waals surface area (Å²) < 4.78 is 15.1. The molecule has 3 aromatic carbocycles. The topological polar surface area (TPSA) is 79.3 Å². The number of aryl methyl sites for hydroxylation is 1. The van der Waals surface area contributed by atoms with E-state index in [1.807, 2.05) is 75.4 Å². The van der Waals surface area contributed by atoms with E-state index in [0.717, 1.165) is 11.1 Å². The maximum absolute atomic E-state index is 13.5. The van der Waals surface area contributed by atoms with Gasteiger partial charge in [-0.05, 0) is 54.8 Å². The van der Waals surface area contributed by atoms with Gasteiger partial charge in [0, 0.05) is 23.9 Å². The standard InChI is InChI=1S/C29H30FN5O2/c1-20(2)18-34(29(37)31-24-11-7-8-21(3)16-24)19-28(36)32-27-17-26(22-9-5-4-6-10-22)33-35(27)25-14-12-23(30)13-15-25/h4-17,20H,18-19H2,1-3H3,(H,31,37)(H,32,36). The zero-order valence-corrected chi connectivity index (χ0v) is 21.1. The quantitative estimate of drug-likeness (QED) is 0.307. The summed E-state index contributed by atoms with van der Waals surface area (Å²) in [7, 11) is 0. The lowest BCUT2D eigenvalue weighted by Crippen LogP contribution is -2.42. The molecule has 0 atom stereocenters. The van der Waals surface area contributed by atoms with Crippen molar-refractivity contribution in [3.8, 4) is 16.9 Å². The van der Waals surface area contributed by atoms with Gasteiger partial charge in [-0.2, -0.15) is 5.10 Å². The Hall–Kier alpha value is -4.46. The van der Waals surface area contributed by atoms with Crippen molar-refractivity contribution in [3.05, 3.63) is 96.3 Å². The molecule has 0 aliphatic carbocycles. The molecular formula is C29H30FN5O2. The number of hydrogen-bond donors (Lipinski definition) is 2. The first-order valence-corrected chi connectivity index (χ1v) is 12.1. The highest BCUT2D eigenvalue weighted by atomic mass is 19.1. The molecule has 0 unspecified atom stereocenters. The SMILES string of the molecule is Cc1cccc(NC(=O)N(CC(=O)Nc2cc(-c3ccccc3)nn2-c2ccc(F)cc2)CC(C)C)c1. The van der Waals surface area contributed by atoms with Gasteiger partial charge in [0.05, 0.1) is 11.4 Å². The third-order valence-electron chi connectivity index (χ3n) is 5.59. The zero-order chi connectivity index (χ0) is 26.4. The number of nitrogens with one attached hydrogen (secondary N) is 2. The van der Waals surface area contributed by atoms with Crippen LogP contribution >= 0.6 is 0 Å². The number of aromatic nitrogens is 2. The fraction of sp³-hybridized carbons (Fsp3) is 0.207. The van der Waals surface area contributed by atoms with Crippen molar-refractivity contribution < 1.29 is 14.0 Å². The van der Waals surface area contributed by atoms with Gasteiger partial charge in [-0.3, -0.25) is 4.79 Å². The first kappa shape index (κ1) is 25.6. The van der Waals surface area contributed by atoms with Crippen LogP contribution in [-0.2, 0) is 4.79 Å². The smallest absolute Gasteiger partial charge is 0.315 e. The van der Waals surface area contributed by atoms with Crippen LogP contribution in [0.4, 0.5) is 20.7 Å². The van der Waals surface area contributed by atoms with Crippen LogP contribution in [0.15, 0.2) is 84.9 Å². The van der Waals surface area contributed by atoms with Crippen LogP contribution in [0.25, 0.3) is 16.9 Å². The summed E-state index contributed by atoms with van der Waals surface area (Å²) in [6.07, 6.45) is 0. The van der Waals surface area contributed by atoms with Crippen molar-refractivity contribution >= 4 is 23.4 Å². The maximum atomic E-state index is 13.5. The number of rotatable bonds is 8. The van der Waals surface area contributed by atoms with E-state index in [0.29, 0.717) is 29.4 Å². The Bertz CT molecular complexity index is 1370. The summed E-state index contributed by atoms with van der Waals surface area (Å²) in [5, 5.41) is 10.4. The highest BCUT2D eigenvalue weighted by molar-refractivity contribution is 5.97. The van der Waals surface area contributed by atoms with E-state index >= 15 is 0 Å². The van der Waals surface area contributed by atoms with Crippen molar-refractivity contribution in [3.63, 3.8) is 0 Å². The van der Waals surface area contributed by atoms with Crippen LogP contribution in [0.2, 0.25) is 0 Å². The average Bonchev–Trinajstić information content (AvgIpc) is 3.28. The number of urea groups is 1. The van der Waals surface area contributed by atoms with E-state index < -0.39 is 0 Å². The molecule has 8 heteroatoms. The van der Waals surface area contributed by atoms with Gasteiger partial charge in [-0.15, -0.1) is 0 Å². The van der Waals surface area contributed by atoms with E-state index in [1.165, 1.54) is 17.0 Å². The summed E-state index contributed by atoms with van der Waals surface area (Å²) in [6, 6.07) is 24.3. The van der Waals surface area contributed by atoms with Crippen molar-refractivity contribution in [2.24, 2.45) is 5.92 Å². The number of amides is 3. The fourth-order valence-corrected chi connectivity index (χ4v) is 3.94. The Kier molecular flexibility index (Phi) is 7.98. The molecule has 0 bridgehead atoms. The molecule has 0 spiro atoms. The second-order valence-corrected chi connectivity index (χ2v) is 9.29. The predicted molar refractivity (Wildman–Crippen MR) is 144 cm³/mol. The van der Waals surface area contributed by atoms with Crippen LogP contribution in [0.1, 0.15) is 19.4 Å². The van der Waals surface area contributed by atoms with Gasteiger partial charge in [0.15, 0.2) is 0 Å². The van der Waals surface area contributed by atoms with Crippen molar-refractivity contribution in [2.45, 2.75) is 20.8 Å². The summed E-state index contributed by atoms with van der Waals surface area (Å²) in [5.74, 6) is -0.166. The van der Waals surface area contributed by atoms with Gasteiger partial charge in [-0.1, -0.05) is 56.3 Å². The van der Waals surface area contributed by atoms with Gasteiger partial charge in [0.25, 0.3) is 0 Å². The lowest BCUT2D eigenvalue weighted by molar-refractivity contribution is -0.116. The first-order valence-electron chi connectivity index (χ1n) is 12.1. The summed E-state index contributed by atoms with van der Waals surface area (Å²) in [6.45, 7) is 6.17. The van der Waals surface area contributed by atoms with Gasteiger partial charge >= 0.3 is 6.03 Å². The van der Waals surface area contributed by atoms with E-state index in [9.17, 15) is 14.0 Å². The van der Waals surface area contributed by atoms with Gasteiger partial charge in [0.2, 0.25) is 5.91 Å². The largest absolute Gasteiger partial charge is 0.322 e. The monoisotopic (exact) mass is 499 g/mol. The van der Waals surface area contributed by atoms with Crippen molar-refractivity contribution in [2.75, 3.05) is 23.7 Å². The number of halogens is 1. The minimum absolute atomic E-state index is 0.148. The molecule has 0 saturated heterocycles. The van der Waals surface area contributed by atoms with Crippen LogP contribution in [-0.4, -0.2) is 39.7 Å². The van der Waals surface area contributed by atoms with Crippen LogP contribution in [0.5, 0.6) is 0 Å². The number of anilines is 2. The number of carbonyl (C=O) groups is 2. The molecule has 190 valence electrons. The normalized spacial score (nSPS) is 10.8.